The summed E-state index contributed by atoms with van der Waals surface area (Å²) in [7, 11) is 0. The molecule has 1 N–H and O–H groups in total. The first-order chi connectivity index (χ1) is 16.6. The van der Waals surface area contributed by atoms with E-state index in [1.807, 2.05) is 36.4 Å². The van der Waals surface area contributed by atoms with Gasteiger partial charge in [0.05, 0.1) is 6.04 Å². The maximum absolute atomic E-state index is 14.3. The van der Waals surface area contributed by atoms with E-state index in [1.54, 1.807) is 0 Å². The molecule has 176 valence electrons. The number of nitrogens with one attached hydrogen (secondary N) is 1. The van der Waals surface area contributed by atoms with E-state index in [4.69, 9.17) is 0 Å². The maximum atomic E-state index is 14.3. The summed E-state index contributed by atoms with van der Waals surface area (Å²) in [5.74, 6) is -0.762. The number of piperazine rings is 1. The zero-order valence-corrected chi connectivity index (χ0v) is 19.3. The number of benzene rings is 2. The van der Waals surface area contributed by atoms with Gasteiger partial charge in [0.2, 0.25) is 11.8 Å². The number of barbiturate groups is 1. The van der Waals surface area contributed by atoms with Gasteiger partial charge < -0.3 is 9.80 Å². The number of fused-ring (bicyclic) bond motifs is 4. The van der Waals surface area contributed by atoms with Crippen LogP contribution in [0.5, 0.6) is 0 Å². The summed E-state index contributed by atoms with van der Waals surface area (Å²) in [6.07, 6.45) is 5.06. The maximum Gasteiger partial charge on any atom is 0.331 e. The molecule has 4 amide bonds. The molecule has 7 nitrogen and oxygen atoms in total. The Kier molecular flexibility index (Phi) is 5.08. The number of imide groups is 2. The molecule has 1 spiro atoms. The minimum atomic E-state index is -1.33. The number of amides is 4. The Labute approximate surface area is 199 Å². The SMILES string of the molecule is O=C1NC(=O)C2(Cc3ccccc3N3CCN(c4ccccc4)CC32)C(=O)N1C1CCCCC1. The van der Waals surface area contributed by atoms with Crippen LogP contribution in [-0.2, 0) is 16.0 Å². The van der Waals surface area contributed by atoms with Gasteiger partial charge in [-0.05, 0) is 43.0 Å². The monoisotopic (exact) mass is 458 g/mol. The first kappa shape index (κ1) is 21.2. The van der Waals surface area contributed by atoms with Gasteiger partial charge in [-0.15, -0.1) is 0 Å². The lowest BCUT2D eigenvalue weighted by Gasteiger charge is -2.56. The second-order valence-electron chi connectivity index (χ2n) is 9.99. The van der Waals surface area contributed by atoms with Crippen molar-refractivity contribution >= 4 is 29.2 Å². The zero-order chi connectivity index (χ0) is 23.3. The lowest BCUT2D eigenvalue weighted by Crippen LogP contribution is -2.76. The Morgan fingerprint density at radius 3 is 2.38 bits per heavy atom. The number of hydrogen-bond acceptors (Lipinski definition) is 5. The lowest BCUT2D eigenvalue weighted by molar-refractivity contribution is -0.155. The molecule has 2 saturated heterocycles. The molecule has 2 atom stereocenters. The molecule has 4 aliphatic rings. The normalized spacial score (nSPS) is 27.5. The minimum Gasteiger partial charge on any atom is -0.368 e. The van der Waals surface area contributed by atoms with Crippen LogP contribution in [0.1, 0.15) is 37.7 Å². The molecule has 3 aliphatic heterocycles. The van der Waals surface area contributed by atoms with E-state index < -0.39 is 17.4 Å². The zero-order valence-electron chi connectivity index (χ0n) is 19.3. The van der Waals surface area contributed by atoms with E-state index in [1.165, 1.54) is 4.90 Å². The van der Waals surface area contributed by atoms with Gasteiger partial charge in [-0.25, -0.2) is 4.79 Å². The third-order valence-corrected chi connectivity index (χ3v) is 8.23. The highest BCUT2D eigenvalue weighted by Gasteiger charge is 2.63. The molecule has 0 bridgehead atoms. The van der Waals surface area contributed by atoms with Crippen molar-refractivity contribution in [2.45, 2.75) is 50.6 Å². The molecule has 7 heteroatoms. The Hall–Kier alpha value is -3.35. The Morgan fingerprint density at radius 1 is 0.853 bits per heavy atom. The molecule has 3 heterocycles. The van der Waals surface area contributed by atoms with Gasteiger partial charge in [0.25, 0.3) is 0 Å². The summed E-state index contributed by atoms with van der Waals surface area (Å²) < 4.78 is 0. The fourth-order valence-corrected chi connectivity index (χ4v) is 6.52. The summed E-state index contributed by atoms with van der Waals surface area (Å²) in [4.78, 5) is 46.9. The third-order valence-electron chi connectivity index (χ3n) is 8.23. The van der Waals surface area contributed by atoms with Crippen LogP contribution in [-0.4, -0.2) is 54.5 Å². The fraction of sp³-hybridized carbons (Fsp3) is 0.444. The number of carbonyl (C=O) groups excluding carboxylic acids is 3. The van der Waals surface area contributed by atoms with Gasteiger partial charge in [0, 0.05) is 37.1 Å². The highest BCUT2D eigenvalue weighted by Crippen LogP contribution is 2.46. The Bertz CT molecular complexity index is 1130. The number of rotatable bonds is 2. The van der Waals surface area contributed by atoms with E-state index in [0.29, 0.717) is 19.5 Å². The number of para-hydroxylation sites is 2. The largest absolute Gasteiger partial charge is 0.368 e. The lowest BCUT2D eigenvalue weighted by atomic mass is 9.67. The number of urea groups is 1. The number of hydrogen-bond donors (Lipinski definition) is 1. The fourth-order valence-electron chi connectivity index (χ4n) is 6.52. The van der Waals surface area contributed by atoms with E-state index >= 15 is 0 Å². The average molecular weight is 459 g/mol. The molecule has 2 aromatic rings. The van der Waals surface area contributed by atoms with Crippen LogP contribution in [0.25, 0.3) is 0 Å². The first-order valence-electron chi connectivity index (χ1n) is 12.4. The number of carbonyl (C=O) groups is 3. The molecular formula is C27H30N4O3. The topological polar surface area (TPSA) is 73.0 Å². The van der Waals surface area contributed by atoms with Crippen LogP contribution < -0.4 is 15.1 Å². The summed E-state index contributed by atoms with van der Waals surface area (Å²) >= 11 is 0. The van der Waals surface area contributed by atoms with Crippen molar-refractivity contribution in [2.24, 2.45) is 5.41 Å². The van der Waals surface area contributed by atoms with Gasteiger partial charge in [0.1, 0.15) is 0 Å². The van der Waals surface area contributed by atoms with E-state index in [9.17, 15) is 14.4 Å². The highest BCUT2D eigenvalue weighted by atomic mass is 16.2. The Balaban J connectivity index is 1.45. The molecule has 3 fully saturated rings. The predicted octanol–water partition coefficient (Wildman–Crippen LogP) is 3.34. The van der Waals surface area contributed by atoms with Crippen LogP contribution >= 0.6 is 0 Å². The molecule has 0 radical (unpaired) electrons. The van der Waals surface area contributed by atoms with E-state index in [2.05, 4.69) is 33.3 Å². The molecule has 2 unspecified atom stereocenters. The van der Waals surface area contributed by atoms with Crippen LogP contribution in [0.4, 0.5) is 16.2 Å². The van der Waals surface area contributed by atoms with Crippen LogP contribution in [0.2, 0.25) is 0 Å². The van der Waals surface area contributed by atoms with Crippen LogP contribution in [0.15, 0.2) is 54.6 Å². The van der Waals surface area contributed by atoms with Gasteiger partial charge in [0.15, 0.2) is 5.41 Å². The second-order valence-corrected chi connectivity index (χ2v) is 9.99. The number of anilines is 2. The van der Waals surface area contributed by atoms with Crippen molar-refractivity contribution in [3.63, 3.8) is 0 Å². The first-order valence-corrected chi connectivity index (χ1v) is 12.4. The van der Waals surface area contributed by atoms with Gasteiger partial charge in [-0.3, -0.25) is 19.8 Å². The molecule has 2 aromatic carbocycles. The molecular weight excluding hydrogens is 428 g/mol. The van der Waals surface area contributed by atoms with Crippen LogP contribution in [0.3, 0.4) is 0 Å². The van der Waals surface area contributed by atoms with Gasteiger partial charge in [-0.1, -0.05) is 55.7 Å². The highest BCUT2D eigenvalue weighted by molar-refractivity contribution is 6.20. The second kappa shape index (κ2) is 8.15. The van der Waals surface area contributed by atoms with Crippen molar-refractivity contribution in [3.05, 3.63) is 60.2 Å². The predicted molar refractivity (Wildman–Crippen MR) is 130 cm³/mol. The van der Waals surface area contributed by atoms with Gasteiger partial charge >= 0.3 is 6.03 Å². The molecule has 1 saturated carbocycles. The van der Waals surface area contributed by atoms with Gasteiger partial charge in [-0.2, -0.15) is 0 Å². The average Bonchev–Trinajstić information content (AvgIpc) is 2.88. The van der Waals surface area contributed by atoms with E-state index in [-0.39, 0.29) is 18.0 Å². The minimum absolute atomic E-state index is 0.134. The van der Waals surface area contributed by atoms with Crippen molar-refractivity contribution in [1.29, 1.82) is 0 Å². The van der Waals surface area contributed by atoms with Crippen molar-refractivity contribution < 1.29 is 14.4 Å². The Morgan fingerprint density at radius 2 is 1.59 bits per heavy atom. The quantitative estimate of drug-likeness (QED) is 0.699. The van der Waals surface area contributed by atoms with Crippen molar-refractivity contribution in [2.75, 3.05) is 29.4 Å². The molecule has 0 aromatic heterocycles. The van der Waals surface area contributed by atoms with Crippen molar-refractivity contribution in [3.8, 4) is 0 Å². The summed E-state index contributed by atoms with van der Waals surface area (Å²) in [5.41, 5.74) is 1.84. The van der Waals surface area contributed by atoms with E-state index in [0.717, 1.165) is 55.6 Å². The van der Waals surface area contributed by atoms with Crippen LogP contribution in [0, 0.1) is 5.41 Å². The third kappa shape index (κ3) is 3.13. The smallest absolute Gasteiger partial charge is 0.331 e. The van der Waals surface area contributed by atoms with Crippen molar-refractivity contribution in [1.82, 2.24) is 10.2 Å². The molecule has 1 aliphatic carbocycles. The summed E-state index contributed by atoms with van der Waals surface area (Å²) in [6, 6.07) is 17.2. The number of nitrogens with zero attached hydrogens (tertiary/aromatic N) is 3. The standard InChI is InChI=1S/C27H30N4O3/c32-24-27(25(33)31(26(34)28-24)21-12-5-2-6-13-21)17-19-9-7-8-14-22(19)30-16-15-29(18-23(27)30)20-10-3-1-4-11-20/h1,3-4,7-11,14,21,23H,2,5-6,12-13,15-18H2,(H,28,32,34). The molecule has 34 heavy (non-hydrogen) atoms. The summed E-state index contributed by atoms with van der Waals surface area (Å²) in [5, 5.41) is 2.62. The molecule has 6 rings (SSSR count). The summed E-state index contributed by atoms with van der Waals surface area (Å²) in [6.45, 7) is 2.05.